The van der Waals surface area contributed by atoms with Crippen molar-refractivity contribution in [3.63, 3.8) is 0 Å². The van der Waals surface area contributed by atoms with Crippen molar-refractivity contribution >= 4 is 17.3 Å². The molecular weight excluding hydrogens is 273 g/mol. The molecular formula is C17H17ClFN. The molecule has 0 saturated heterocycles. The number of para-hydroxylation sites is 1. The number of fused-ring (bicyclic) bond motifs is 1. The summed E-state index contributed by atoms with van der Waals surface area (Å²) >= 11 is 5.97. The molecule has 20 heavy (non-hydrogen) atoms. The Balaban J connectivity index is 2.00. The molecule has 1 nitrogen and oxygen atoms in total. The molecule has 0 aliphatic carbocycles. The molecule has 0 unspecified atom stereocenters. The SMILES string of the molecule is Fc1cccc(CCl)c1N1CCCc2ccccc2C1. The highest BCUT2D eigenvalue weighted by Crippen LogP contribution is 2.30. The molecule has 1 heterocycles. The van der Waals surface area contributed by atoms with Gasteiger partial charge in [0.1, 0.15) is 5.82 Å². The first-order valence-corrected chi connectivity index (χ1v) is 7.48. The van der Waals surface area contributed by atoms with Crippen LogP contribution in [0.1, 0.15) is 23.1 Å². The second-order valence-corrected chi connectivity index (χ2v) is 5.44. The molecule has 3 heteroatoms. The third kappa shape index (κ3) is 2.53. The molecule has 0 aromatic heterocycles. The van der Waals surface area contributed by atoms with Gasteiger partial charge in [0.15, 0.2) is 0 Å². The summed E-state index contributed by atoms with van der Waals surface area (Å²) in [5.41, 5.74) is 4.19. The maximum Gasteiger partial charge on any atom is 0.146 e. The molecule has 0 saturated carbocycles. The molecule has 1 aliphatic heterocycles. The average molecular weight is 290 g/mol. The number of halogens is 2. The molecule has 0 amide bonds. The van der Waals surface area contributed by atoms with Crippen LogP contribution in [-0.4, -0.2) is 6.54 Å². The molecule has 0 bridgehead atoms. The third-order valence-electron chi connectivity index (χ3n) is 3.88. The van der Waals surface area contributed by atoms with Crippen molar-refractivity contribution in [1.82, 2.24) is 0 Å². The first-order chi connectivity index (χ1) is 9.79. The fourth-order valence-corrected chi connectivity index (χ4v) is 3.13. The average Bonchev–Trinajstić information content (AvgIpc) is 2.68. The van der Waals surface area contributed by atoms with Crippen LogP contribution in [0.3, 0.4) is 0 Å². The smallest absolute Gasteiger partial charge is 0.146 e. The molecule has 0 atom stereocenters. The standard InChI is InChI=1S/C17H17ClFN/c18-11-14-7-3-9-16(19)17(14)20-10-4-8-13-5-1-2-6-15(13)12-20/h1-3,5-7,9H,4,8,10-12H2. The van der Waals surface area contributed by atoms with E-state index >= 15 is 0 Å². The van der Waals surface area contributed by atoms with Gasteiger partial charge in [0, 0.05) is 19.0 Å². The predicted octanol–water partition coefficient (Wildman–Crippen LogP) is 4.52. The quantitative estimate of drug-likeness (QED) is 0.735. The Morgan fingerprint density at radius 2 is 1.85 bits per heavy atom. The van der Waals surface area contributed by atoms with Crippen LogP contribution in [0.2, 0.25) is 0 Å². The van der Waals surface area contributed by atoms with E-state index in [-0.39, 0.29) is 5.82 Å². The van der Waals surface area contributed by atoms with E-state index in [1.54, 1.807) is 6.07 Å². The van der Waals surface area contributed by atoms with E-state index < -0.39 is 0 Å². The lowest BCUT2D eigenvalue weighted by Gasteiger charge is -2.26. The zero-order valence-electron chi connectivity index (χ0n) is 11.3. The normalized spacial score (nSPS) is 14.8. The molecule has 0 N–H and O–H groups in total. The second-order valence-electron chi connectivity index (χ2n) is 5.18. The van der Waals surface area contributed by atoms with E-state index in [1.807, 2.05) is 12.1 Å². The number of aryl methyl sites for hydroxylation is 1. The maximum atomic E-state index is 14.2. The topological polar surface area (TPSA) is 3.24 Å². The van der Waals surface area contributed by atoms with Crippen LogP contribution in [0, 0.1) is 5.82 Å². The number of alkyl halides is 1. The van der Waals surface area contributed by atoms with Crippen molar-refractivity contribution in [2.24, 2.45) is 0 Å². The van der Waals surface area contributed by atoms with Gasteiger partial charge in [-0.2, -0.15) is 0 Å². The van der Waals surface area contributed by atoms with E-state index in [0.717, 1.165) is 31.5 Å². The van der Waals surface area contributed by atoms with Gasteiger partial charge in [-0.15, -0.1) is 11.6 Å². The van der Waals surface area contributed by atoms with Gasteiger partial charge in [-0.05, 0) is 35.6 Å². The number of rotatable bonds is 2. The first-order valence-electron chi connectivity index (χ1n) is 6.94. The Labute approximate surface area is 124 Å². The minimum Gasteiger partial charge on any atom is -0.365 e. The lowest BCUT2D eigenvalue weighted by atomic mass is 10.0. The van der Waals surface area contributed by atoms with Crippen LogP contribution in [-0.2, 0) is 18.8 Å². The highest BCUT2D eigenvalue weighted by Gasteiger charge is 2.19. The second kappa shape index (κ2) is 5.84. The maximum absolute atomic E-state index is 14.2. The zero-order valence-corrected chi connectivity index (χ0v) is 12.0. The van der Waals surface area contributed by atoms with Gasteiger partial charge in [0.25, 0.3) is 0 Å². The minimum atomic E-state index is -0.178. The number of hydrogen-bond donors (Lipinski definition) is 0. The summed E-state index contributed by atoms with van der Waals surface area (Å²) in [5, 5.41) is 0. The monoisotopic (exact) mass is 289 g/mol. The molecule has 3 rings (SSSR count). The molecule has 0 radical (unpaired) electrons. The van der Waals surface area contributed by atoms with E-state index in [0.29, 0.717) is 11.6 Å². The van der Waals surface area contributed by atoms with Crippen LogP contribution >= 0.6 is 11.6 Å². The Morgan fingerprint density at radius 3 is 2.65 bits per heavy atom. The zero-order chi connectivity index (χ0) is 13.9. The summed E-state index contributed by atoms with van der Waals surface area (Å²) < 4.78 is 14.2. The summed E-state index contributed by atoms with van der Waals surface area (Å²) in [4.78, 5) is 2.12. The largest absolute Gasteiger partial charge is 0.365 e. The Kier molecular flexibility index (Phi) is 3.93. The molecule has 104 valence electrons. The number of hydrogen-bond acceptors (Lipinski definition) is 1. The van der Waals surface area contributed by atoms with Crippen LogP contribution in [0.25, 0.3) is 0 Å². The van der Waals surface area contributed by atoms with Crippen LogP contribution in [0.15, 0.2) is 42.5 Å². The lowest BCUT2D eigenvalue weighted by Crippen LogP contribution is -2.24. The van der Waals surface area contributed by atoms with Gasteiger partial charge >= 0.3 is 0 Å². The minimum absolute atomic E-state index is 0.178. The molecule has 2 aromatic rings. The lowest BCUT2D eigenvalue weighted by molar-refractivity contribution is 0.613. The molecule has 2 aromatic carbocycles. The van der Waals surface area contributed by atoms with Gasteiger partial charge in [-0.1, -0.05) is 36.4 Å². The summed E-state index contributed by atoms with van der Waals surface area (Å²) in [5.74, 6) is 0.160. The highest BCUT2D eigenvalue weighted by atomic mass is 35.5. The fraction of sp³-hybridized carbons (Fsp3) is 0.294. The highest BCUT2D eigenvalue weighted by molar-refractivity contribution is 6.17. The van der Waals surface area contributed by atoms with Crippen LogP contribution in [0.5, 0.6) is 0 Å². The van der Waals surface area contributed by atoms with Crippen molar-refractivity contribution < 1.29 is 4.39 Å². The van der Waals surface area contributed by atoms with E-state index in [4.69, 9.17) is 11.6 Å². The van der Waals surface area contributed by atoms with Crippen molar-refractivity contribution in [3.05, 3.63) is 65.0 Å². The fourth-order valence-electron chi connectivity index (χ4n) is 2.91. The van der Waals surface area contributed by atoms with Crippen LogP contribution in [0.4, 0.5) is 10.1 Å². The van der Waals surface area contributed by atoms with Crippen molar-refractivity contribution in [2.45, 2.75) is 25.3 Å². The first kappa shape index (κ1) is 13.4. The Hall–Kier alpha value is -1.54. The van der Waals surface area contributed by atoms with Crippen molar-refractivity contribution in [2.75, 3.05) is 11.4 Å². The third-order valence-corrected chi connectivity index (χ3v) is 4.17. The predicted molar refractivity (Wildman–Crippen MR) is 81.8 cm³/mol. The van der Waals surface area contributed by atoms with Crippen molar-refractivity contribution in [3.8, 4) is 0 Å². The van der Waals surface area contributed by atoms with E-state index in [1.165, 1.54) is 17.2 Å². The molecule has 0 fully saturated rings. The summed E-state index contributed by atoms with van der Waals surface area (Å²) in [7, 11) is 0. The molecule has 1 aliphatic rings. The number of nitrogens with zero attached hydrogens (tertiary/aromatic N) is 1. The van der Waals surface area contributed by atoms with E-state index in [2.05, 4.69) is 23.1 Å². The van der Waals surface area contributed by atoms with Gasteiger partial charge in [-0.25, -0.2) is 4.39 Å². The van der Waals surface area contributed by atoms with Gasteiger partial charge in [-0.3, -0.25) is 0 Å². The summed E-state index contributed by atoms with van der Waals surface area (Å²) in [6.45, 7) is 1.61. The van der Waals surface area contributed by atoms with Gasteiger partial charge in [0.05, 0.1) is 5.69 Å². The summed E-state index contributed by atoms with van der Waals surface area (Å²) in [6.07, 6.45) is 2.09. The van der Waals surface area contributed by atoms with Gasteiger partial charge < -0.3 is 4.90 Å². The number of anilines is 1. The van der Waals surface area contributed by atoms with Gasteiger partial charge in [0.2, 0.25) is 0 Å². The van der Waals surface area contributed by atoms with E-state index in [9.17, 15) is 4.39 Å². The van der Waals surface area contributed by atoms with Crippen molar-refractivity contribution in [1.29, 1.82) is 0 Å². The summed E-state index contributed by atoms with van der Waals surface area (Å²) in [6, 6.07) is 13.6. The Morgan fingerprint density at radius 1 is 1.05 bits per heavy atom. The molecule has 0 spiro atoms. The Bertz CT molecular complexity index is 612. The van der Waals surface area contributed by atoms with Crippen LogP contribution < -0.4 is 4.90 Å². The number of benzene rings is 2.